The summed E-state index contributed by atoms with van der Waals surface area (Å²) < 4.78 is 24.7. The van der Waals surface area contributed by atoms with Gasteiger partial charge in [0.05, 0.1) is 5.75 Å². The first kappa shape index (κ1) is 13.2. The van der Waals surface area contributed by atoms with Crippen molar-refractivity contribution in [2.24, 2.45) is 5.92 Å². The van der Waals surface area contributed by atoms with E-state index >= 15 is 0 Å². The van der Waals surface area contributed by atoms with Crippen molar-refractivity contribution in [3.05, 3.63) is 12.7 Å². The molecule has 1 aliphatic heterocycles. The van der Waals surface area contributed by atoms with E-state index in [1.807, 2.05) is 0 Å². The van der Waals surface area contributed by atoms with Gasteiger partial charge in [-0.1, -0.05) is 6.08 Å². The number of aliphatic carboxylic acids is 1. The predicted molar refractivity (Wildman–Crippen MR) is 60.5 cm³/mol. The number of carboxylic acids is 1. The van der Waals surface area contributed by atoms with Gasteiger partial charge in [0, 0.05) is 19.5 Å². The van der Waals surface area contributed by atoms with Crippen molar-refractivity contribution in [3.8, 4) is 0 Å². The maximum Gasteiger partial charge on any atom is 0.303 e. The number of hydrogen-bond donors (Lipinski definition) is 1. The molecule has 1 aliphatic rings. The van der Waals surface area contributed by atoms with E-state index in [0.717, 1.165) is 0 Å². The Morgan fingerprint density at radius 2 is 2.00 bits per heavy atom. The van der Waals surface area contributed by atoms with Gasteiger partial charge in [0.25, 0.3) is 0 Å². The number of rotatable bonds is 5. The van der Waals surface area contributed by atoms with Crippen LogP contribution in [0.4, 0.5) is 0 Å². The lowest BCUT2D eigenvalue weighted by Gasteiger charge is -2.30. The molecule has 0 aromatic heterocycles. The zero-order valence-corrected chi connectivity index (χ0v) is 9.95. The second-order valence-electron chi connectivity index (χ2n) is 4.01. The Hall–Kier alpha value is -0.880. The predicted octanol–water partition coefficient (Wildman–Crippen LogP) is 0.689. The molecule has 92 valence electrons. The van der Waals surface area contributed by atoms with Crippen LogP contribution in [0.15, 0.2) is 12.7 Å². The molecule has 0 spiro atoms. The van der Waals surface area contributed by atoms with Crippen molar-refractivity contribution in [2.75, 3.05) is 18.8 Å². The number of piperidine rings is 1. The van der Waals surface area contributed by atoms with Gasteiger partial charge in [-0.2, -0.15) is 0 Å². The van der Waals surface area contributed by atoms with Crippen LogP contribution >= 0.6 is 0 Å². The Morgan fingerprint density at radius 3 is 2.44 bits per heavy atom. The van der Waals surface area contributed by atoms with Crippen molar-refractivity contribution in [3.63, 3.8) is 0 Å². The molecule has 6 heteroatoms. The molecular weight excluding hydrogens is 230 g/mol. The van der Waals surface area contributed by atoms with Crippen LogP contribution in [-0.4, -0.2) is 42.6 Å². The second kappa shape index (κ2) is 5.45. The average Bonchev–Trinajstić information content (AvgIpc) is 2.17. The molecule has 16 heavy (non-hydrogen) atoms. The largest absolute Gasteiger partial charge is 0.481 e. The molecule has 1 N–H and O–H groups in total. The molecule has 0 aliphatic carbocycles. The van der Waals surface area contributed by atoms with Crippen molar-refractivity contribution in [1.82, 2.24) is 4.31 Å². The maximum atomic E-state index is 11.7. The second-order valence-corrected chi connectivity index (χ2v) is 6.02. The van der Waals surface area contributed by atoms with Crippen LogP contribution in [0.1, 0.15) is 19.3 Å². The average molecular weight is 247 g/mol. The summed E-state index contributed by atoms with van der Waals surface area (Å²) in [4.78, 5) is 10.5. The zero-order valence-electron chi connectivity index (χ0n) is 9.13. The highest BCUT2D eigenvalue weighted by molar-refractivity contribution is 7.89. The van der Waals surface area contributed by atoms with E-state index < -0.39 is 16.0 Å². The lowest BCUT2D eigenvalue weighted by atomic mass is 9.95. The number of carbonyl (C=O) groups is 1. The number of hydrogen-bond acceptors (Lipinski definition) is 3. The van der Waals surface area contributed by atoms with E-state index in [1.165, 1.54) is 10.4 Å². The van der Waals surface area contributed by atoms with Crippen molar-refractivity contribution < 1.29 is 18.3 Å². The topological polar surface area (TPSA) is 74.7 Å². The Morgan fingerprint density at radius 1 is 1.44 bits per heavy atom. The normalized spacial score (nSPS) is 19.5. The third kappa shape index (κ3) is 3.61. The smallest absolute Gasteiger partial charge is 0.303 e. The fourth-order valence-corrected chi connectivity index (χ4v) is 3.17. The van der Waals surface area contributed by atoms with E-state index in [1.54, 1.807) is 0 Å². The molecule has 0 aromatic rings. The highest BCUT2D eigenvalue weighted by Gasteiger charge is 2.27. The van der Waals surface area contributed by atoms with E-state index in [2.05, 4.69) is 6.58 Å². The van der Waals surface area contributed by atoms with Crippen LogP contribution in [0.5, 0.6) is 0 Å². The van der Waals surface area contributed by atoms with Crippen LogP contribution in [0.25, 0.3) is 0 Å². The summed E-state index contributed by atoms with van der Waals surface area (Å²) in [6, 6.07) is 0. The maximum absolute atomic E-state index is 11.7. The highest BCUT2D eigenvalue weighted by atomic mass is 32.2. The SMILES string of the molecule is C=CCS(=O)(=O)N1CCC(CC(=O)O)CC1. The lowest BCUT2D eigenvalue weighted by Crippen LogP contribution is -2.39. The highest BCUT2D eigenvalue weighted by Crippen LogP contribution is 2.22. The summed E-state index contributed by atoms with van der Waals surface area (Å²) in [6.07, 6.45) is 2.76. The van der Waals surface area contributed by atoms with Gasteiger partial charge < -0.3 is 5.11 Å². The molecule has 1 saturated heterocycles. The van der Waals surface area contributed by atoms with E-state index in [-0.39, 0.29) is 18.1 Å². The number of carboxylic acid groups (broad SMARTS) is 1. The van der Waals surface area contributed by atoms with Crippen molar-refractivity contribution in [1.29, 1.82) is 0 Å². The minimum atomic E-state index is -3.22. The van der Waals surface area contributed by atoms with Crippen molar-refractivity contribution in [2.45, 2.75) is 19.3 Å². The van der Waals surface area contributed by atoms with Crippen molar-refractivity contribution >= 4 is 16.0 Å². The number of nitrogens with zero attached hydrogens (tertiary/aromatic N) is 1. The van der Waals surface area contributed by atoms with E-state index in [9.17, 15) is 13.2 Å². The van der Waals surface area contributed by atoms with Crippen LogP contribution in [-0.2, 0) is 14.8 Å². The summed E-state index contributed by atoms with van der Waals surface area (Å²) in [5.41, 5.74) is 0. The van der Waals surface area contributed by atoms with Crippen LogP contribution in [0.3, 0.4) is 0 Å². The molecule has 1 heterocycles. The third-order valence-corrected chi connectivity index (χ3v) is 4.57. The molecule has 0 bridgehead atoms. The van der Waals surface area contributed by atoms with Gasteiger partial charge in [-0.15, -0.1) is 6.58 Å². The van der Waals surface area contributed by atoms with Crippen LogP contribution in [0.2, 0.25) is 0 Å². The third-order valence-electron chi connectivity index (χ3n) is 2.76. The zero-order chi connectivity index (χ0) is 12.2. The van der Waals surface area contributed by atoms with Gasteiger partial charge in [0.15, 0.2) is 0 Å². The lowest BCUT2D eigenvalue weighted by molar-refractivity contribution is -0.138. The van der Waals surface area contributed by atoms with E-state index in [0.29, 0.717) is 25.9 Å². The van der Waals surface area contributed by atoms with E-state index in [4.69, 9.17) is 5.11 Å². The summed E-state index contributed by atoms with van der Waals surface area (Å²) in [5, 5.41) is 8.63. The van der Waals surface area contributed by atoms with Gasteiger partial charge in [0.1, 0.15) is 0 Å². The Labute approximate surface area is 95.8 Å². The Kier molecular flexibility index (Phi) is 4.49. The van der Waals surface area contributed by atoms with Gasteiger partial charge in [-0.3, -0.25) is 4.79 Å². The minimum Gasteiger partial charge on any atom is -0.481 e. The summed E-state index contributed by atoms with van der Waals surface area (Å²) in [7, 11) is -3.22. The molecule has 0 aromatic carbocycles. The molecule has 0 amide bonds. The Balaban J connectivity index is 2.48. The molecule has 1 fully saturated rings. The first-order valence-electron chi connectivity index (χ1n) is 5.26. The molecular formula is C10H17NO4S. The fraction of sp³-hybridized carbons (Fsp3) is 0.700. The van der Waals surface area contributed by atoms with Gasteiger partial charge in [-0.05, 0) is 18.8 Å². The van der Waals surface area contributed by atoms with Crippen LogP contribution in [0, 0.1) is 5.92 Å². The minimum absolute atomic E-state index is 0.0450. The summed E-state index contributed by atoms with van der Waals surface area (Å²) >= 11 is 0. The molecule has 0 atom stereocenters. The molecule has 0 saturated carbocycles. The summed E-state index contributed by atoms with van der Waals surface area (Å²) in [5.74, 6) is -0.753. The quantitative estimate of drug-likeness (QED) is 0.725. The van der Waals surface area contributed by atoms with Gasteiger partial charge >= 0.3 is 5.97 Å². The Bertz CT molecular complexity index is 355. The molecule has 0 radical (unpaired) electrons. The van der Waals surface area contributed by atoms with Crippen LogP contribution < -0.4 is 0 Å². The molecule has 5 nitrogen and oxygen atoms in total. The molecule has 0 unspecified atom stereocenters. The van der Waals surface area contributed by atoms with Gasteiger partial charge in [-0.25, -0.2) is 12.7 Å². The summed E-state index contributed by atoms with van der Waals surface area (Å²) in [6.45, 7) is 4.26. The number of sulfonamides is 1. The fourth-order valence-electron chi connectivity index (χ4n) is 1.89. The van der Waals surface area contributed by atoms with Gasteiger partial charge in [0.2, 0.25) is 10.0 Å². The monoisotopic (exact) mass is 247 g/mol. The standard InChI is InChI=1S/C10H17NO4S/c1-2-7-16(14,15)11-5-3-9(4-6-11)8-10(12)13/h2,9H,1,3-8H2,(H,12,13). The first-order valence-corrected chi connectivity index (χ1v) is 6.87. The first-order chi connectivity index (χ1) is 7.45. The molecule has 1 rings (SSSR count).